The van der Waals surface area contributed by atoms with Crippen LogP contribution in [0.4, 0.5) is 5.13 Å². The number of ether oxygens (including phenoxy) is 2. The Hall–Kier alpha value is -2.15. The lowest BCUT2D eigenvalue weighted by Gasteiger charge is -2.07. The predicted octanol–water partition coefficient (Wildman–Crippen LogP) is 3.22. The van der Waals surface area contributed by atoms with Crippen molar-refractivity contribution < 1.29 is 14.3 Å². The zero-order valence-corrected chi connectivity index (χ0v) is 13.8. The molecule has 1 aromatic carbocycles. The number of nitrogens with one attached hydrogen (secondary N) is 1. The molecule has 0 saturated heterocycles. The number of rotatable bonds is 8. The van der Waals surface area contributed by atoms with E-state index in [9.17, 15) is 4.79 Å². The van der Waals surface area contributed by atoms with Crippen molar-refractivity contribution in [2.45, 2.75) is 32.1 Å². The number of amides is 1. The van der Waals surface area contributed by atoms with Gasteiger partial charge in [0.15, 0.2) is 6.61 Å². The number of nitrogens with zero attached hydrogens (tertiary/aromatic N) is 2. The van der Waals surface area contributed by atoms with E-state index in [-0.39, 0.29) is 12.5 Å². The van der Waals surface area contributed by atoms with E-state index in [1.807, 2.05) is 12.1 Å². The minimum absolute atomic E-state index is 0.0620. The molecule has 0 radical (unpaired) electrons. The lowest BCUT2D eigenvalue weighted by Crippen LogP contribution is -2.20. The third-order valence-electron chi connectivity index (χ3n) is 3.28. The van der Waals surface area contributed by atoms with Crippen LogP contribution < -0.4 is 14.8 Å². The molecule has 1 saturated carbocycles. The summed E-state index contributed by atoms with van der Waals surface area (Å²) in [5, 5.41) is 12.3. The molecule has 0 spiro atoms. The molecule has 1 amide bonds. The first-order valence-corrected chi connectivity index (χ1v) is 8.55. The Kier molecular flexibility index (Phi) is 5.07. The van der Waals surface area contributed by atoms with Crippen molar-refractivity contribution in [3.63, 3.8) is 0 Å². The largest absolute Gasteiger partial charge is 0.494 e. The van der Waals surface area contributed by atoms with Crippen LogP contribution in [0.25, 0.3) is 0 Å². The number of carbonyl (C=O) groups excluding carboxylic acids is 1. The lowest BCUT2D eigenvalue weighted by atomic mass is 10.3. The Morgan fingerprint density at radius 2 is 1.91 bits per heavy atom. The number of hydrogen-bond acceptors (Lipinski definition) is 6. The summed E-state index contributed by atoms with van der Waals surface area (Å²) in [6, 6.07) is 7.23. The van der Waals surface area contributed by atoms with E-state index in [1.54, 1.807) is 12.1 Å². The number of anilines is 1. The van der Waals surface area contributed by atoms with Gasteiger partial charge in [-0.15, -0.1) is 10.2 Å². The summed E-state index contributed by atoms with van der Waals surface area (Å²) in [5.41, 5.74) is 0. The molecule has 0 atom stereocenters. The maximum Gasteiger partial charge on any atom is 0.264 e. The van der Waals surface area contributed by atoms with Crippen LogP contribution in [0.2, 0.25) is 0 Å². The number of hydrogen-bond donors (Lipinski definition) is 1. The molecule has 1 fully saturated rings. The molecule has 6 nitrogen and oxygen atoms in total. The van der Waals surface area contributed by atoms with Gasteiger partial charge in [0.1, 0.15) is 16.5 Å². The first kappa shape index (κ1) is 15.7. The zero-order chi connectivity index (χ0) is 16.1. The Labute approximate surface area is 138 Å². The molecular weight excluding hydrogens is 314 g/mol. The monoisotopic (exact) mass is 333 g/mol. The predicted molar refractivity (Wildman–Crippen MR) is 88.2 cm³/mol. The van der Waals surface area contributed by atoms with E-state index in [1.165, 1.54) is 24.2 Å². The van der Waals surface area contributed by atoms with Crippen LogP contribution in [0.3, 0.4) is 0 Å². The van der Waals surface area contributed by atoms with Crippen molar-refractivity contribution in [2.24, 2.45) is 0 Å². The van der Waals surface area contributed by atoms with Crippen molar-refractivity contribution in [1.29, 1.82) is 0 Å². The molecule has 3 rings (SSSR count). The highest BCUT2D eigenvalue weighted by molar-refractivity contribution is 7.15. The fraction of sp³-hybridized carbons (Fsp3) is 0.438. The van der Waals surface area contributed by atoms with Crippen LogP contribution in [0.5, 0.6) is 11.5 Å². The molecule has 7 heteroatoms. The summed E-state index contributed by atoms with van der Waals surface area (Å²) in [7, 11) is 0. The Morgan fingerprint density at radius 3 is 2.57 bits per heavy atom. The highest BCUT2D eigenvalue weighted by atomic mass is 32.1. The summed E-state index contributed by atoms with van der Waals surface area (Å²) in [5.74, 6) is 1.72. The minimum atomic E-state index is -0.241. The smallest absolute Gasteiger partial charge is 0.264 e. The molecule has 1 aliphatic carbocycles. The van der Waals surface area contributed by atoms with Gasteiger partial charge in [-0.2, -0.15) is 0 Å². The fourth-order valence-electron chi connectivity index (χ4n) is 1.94. The topological polar surface area (TPSA) is 73.3 Å². The molecule has 0 unspecified atom stereocenters. The summed E-state index contributed by atoms with van der Waals surface area (Å²) >= 11 is 1.44. The van der Waals surface area contributed by atoms with Gasteiger partial charge in [-0.25, -0.2) is 0 Å². The number of carbonyl (C=O) groups is 1. The van der Waals surface area contributed by atoms with Gasteiger partial charge >= 0.3 is 0 Å². The Balaban J connectivity index is 1.44. The first-order valence-electron chi connectivity index (χ1n) is 7.73. The van der Waals surface area contributed by atoms with Crippen LogP contribution >= 0.6 is 11.3 Å². The molecule has 0 aliphatic heterocycles. The Bertz CT molecular complexity index is 653. The molecule has 1 heterocycles. The van der Waals surface area contributed by atoms with Gasteiger partial charge in [-0.05, 0) is 43.5 Å². The quantitative estimate of drug-likeness (QED) is 0.803. The van der Waals surface area contributed by atoms with Crippen LogP contribution in [-0.2, 0) is 4.79 Å². The molecule has 1 aliphatic rings. The molecule has 0 bridgehead atoms. The Morgan fingerprint density at radius 1 is 1.22 bits per heavy atom. The van der Waals surface area contributed by atoms with Crippen LogP contribution in [0, 0.1) is 0 Å². The van der Waals surface area contributed by atoms with Crippen molar-refractivity contribution in [3.8, 4) is 11.5 Å². The maximum absolute atomic E-state index is 11.9. The van der Waals surface area contributed by atoms with Gasteiger partial charge in [0.05, 0.1) is 6.61 Å². The normalized spacial score (nSPS) is 13.6. The van der Waals surface area contributed by atoms with Crippen molar-refractivity contribution in [1.82, 2.24) is 10.2 Å². The molecule has 2 aromatic rings. The number of aromatic nitrogens is 2. The SMILES string of the molecule is CCCOc1ccc(OCC(=O)Nc2nnc(C3CC3)s2)cc1. The molecule has 1 N–H and O–H groups in total. The first-order chi connectivity index (χ1) is 11.2. The standard InChI is InChI=1S/C16H19N3O3S/c1-2-9-21-12-5-7-13(8-6-12)22-10-14(20)17-16-19-18-15(23-16)11-3-4-11/h5-8,11H,2-4,9-10H2,1H3,(H,17,19,20). The van der Waals surface area contributed by atoms with E-state index in [0.29, 0.717) is 23.4 Å². The summed E-state index contributed by atoms with van der Waals surface area (Å²) in [4.78, 5) is 11.9. The average Bonchev–Trinajstić information content (AvgIpc) is 3.32. The zero-order valence-electron chi connectivity index (χ0n) is 12.9. The summed E-state index contributed by atoms with van der Waals surface area (Å²) in [6.07, 6.45) is 3.31. The van der Waals surface area contributed by atoms with Crippen molar-refractivity contribution >= 4 is 22.4 Å². The highest BCUT2D eigenvalue weighted by Gasteiger charge is 2.27. The second-order valence-corrected chi connectivity index (χ2v) is 6.39. The van der Waals surface area contributed by atoms with Gasteiger partial charge in [-0.3, -0.25) is 10.1 Å². The fourth-order valence-corrected chi connectivity index (χ4v) is 2.87. The second-order valence-electron chi connectivity index (χ2n) is 5.38. The van der Waals surface area contributed by atoms with Gasteiger partial charge in [-0.1, -0.05) is 18.3 Å². The maximum atomic E-state index is 11.9. The van der Waals surface area contributed by atoms with Gasteiger partial charge in [0.25, 0.3) is 5.91 Å². The molecule has 23 heavy (non-hydrogen) atoms. The summed E-state index contributed by atoms with van der Waals surface area (Å²) in [6.45, 7) is 2.68. The molecule has 122 valence electrons. The van der Waals surface area contributed by atoms with Gasteiger partial charge in [0.2, 0.25) is 5.13 Å². The second kappa shape index (κ2) is 7.41. The van der Waals surface area contributed by atoms with E-state index >= 15 is 0 Å². The van der Waals surface area contributed by atoms with Crippen molar-refractivity contribution in [2.75, 3.05) is 18.5 Å². The van der Waals surface area contributed by atoms with Crippen LogP contribution in [0.15, 0.2) is 24.3 Å². The lowest BCUT2D eigenvalue weighted by molar-refractivity contribution is -0.118. The summed E-state index contributed by atoms with van der Waals surface area (Å²) < 4.78 is 10.9. The van der Waals surface area contributed by atoms with E-state index in [4.69, 9.17) is 9.47 Å². The van der Waals surface area contributed by atoms with Crippen LogP contribution in [-0.4, -0.2) is 29.3 Å². The average molecular weight is 333 g/mol. The third-order valence-corrected chi connectivity index (χ3v) is 4.28. The van der Waals surface area contributed by atoms with Gasteiger partial charge in [0, 0.05) is 5.92 Å². The van der Waals surface area contributed by atoms with Crippen LogP contribution in [0.1, 0.15) is 37.1 Å². The minimum Gasteiger partial charge on any atom is -0.494 e. The van der Waals surface area contributed by atoms with E-state index < -0.39 is 0 Å². The van der Waals surface area contributed by atoms with E-state index in [0.717, 1.165) is 17.2 Å². The molecule has 1 aromatic heterocycles. The highest BCUT2D eigenvalue weighted by Crippen LogP contribution is 2.41. The molecular formula is C16H19N3O3S. The van der Waals surface area contributed by atoms with E-state index in [2.05, 4.69) is 22.4 Å². The number of benzene rings is 1. The van der Waals surface area contributed by atoms with Gasteiger partial charge < -0.3 is 9.47 Å². The third kappa shape index (κ3) is 4.66. The van der Waals surface area contributed by atoms with Crippen molar-refractivity contribution in [3.05, 3.63) is 29.3 Å².